The van der Waals surface area contributed by atoms with Crippen molar-refractivity contribution in [3.8, 4) is 0 Å². The molecule has 2 aromatic rings. The van der Waals surface area contributed by atoms with Crippen LogP contribution in [0.1, 0.15) is 0 Å². The van der Waals surface area contributed by atoms with Crippen molar-refractivity contribution in [2.24, 2.45) is 0 Å². The quantitative estimate of drug-likeness (QED) is 0.768. The predicted octanol–water partition coefficient (Wildman–Crippen LogP) is 0.580. The van der Waals surface area contributed by atoms with Gasteiger partial charge in [-0.1, -0.05) is 6.58 Å². The molecule has 0 radical (unpaired) electrons. The van der Waals surface area contributed by atoms with E-state index >= 15 is 0 Å². The van der Waals surface area contributed by atoms with Crippen molar-refractivity contribution >= 4 is 17.5 Å². The molecule has 7 nitrogen and oxygen atoms in total. The van der Waals surface area contributed by atoms with Crippen LogP contribution in [0.25, 0.3) is 5.78 Å². The van der Waals surface area contributed by atoms with Gasteiger partial charge in [0.25, 0.3) is 5.56 Å². The molecule has 7 heteroatoms. The lowest BCUT2D eigenvalue weighted by atomic mass is 10.3. The van der Waals surface area contributed by atoms with E-state index in [9.17, 15) is 9.59 Å². The van der Waals surface area contributed by atoms with E-state index in [1.807, 2.05) is 0 Å². The third kappa shape index (κ3) is 1.41. The maximum absolute atomic E-state index is 12.1. The molecule has 3 rings (SSSR count). The molecule has 0 fully saturated rings. The number of nitrogens with one attached hydrogen (secondary N) is 2. The molecule has 1 aliphatic rings. The molecule has 2 N–H and O–H groups in total. The molecule has 2 aromatic heterocycles. The molecular weight excluding hydrogens is 234 g/mol. The van der Waals surface area contributed by atoms with Crippen LogP contribution in [0.2, 0.25) is 0 Å². The van der Waals surface area contributed by atoms with Gasteiger partial charge in [0, 0.05) is 24.3 Å². The van der Waals surface area contributed by atoms with Crippen LogP contribution in [0, 0.1) is 0 Å². The lowest BCUT2D eigenvalue weighted by Crippen LogP contribution is -2.41. The van der Waals surface area contributed by atoms with Crippen LogP contribution in [0.3, 0.4) is 0 Å². The summed E-state index contributed by atoms with van der Waals surface area (Å²) in [7, 11) is 0. The minimum atomic E-state index is -0.433. The Morgan fingerprint density at radius 2 is 2.17 bits per heavy atom. The Morgan fingerprint density at radius 3 is 2.94 bits per heavy atom. The van der Waals surface area contributed by atoms with E-state index in [1.54, 1.807) is 18.5 Å². The van der Waals surface area contributed by atoms with Gasteiger partial charge in [-0.15, -0.1) is 0 Å². The lowest BCUT2D eigenvalue weighted by molar-refractivity contribution is 0.250. The van der Waals surface area contributed by atoms with Gasteiger partial charge in [0.05, 0.1) is 6.20 Å². The van der Waals surface area contributed by atoms with Crippen LogP contribution < -0.4 is 15.8 Å². The Labute approximate surface area is 101 Å². The van der Waals surface area contributed by atoms with Crippen molar-refractivity contribution in [3.63, 3.8) is 0 Å². The molecule has 2 amide bonds. The van der Waals surface area contributed by atoms with E-state index in [0.29, 0.717) is 11.5 Å². The van der Waals surface area contributed by atoms with Crippen molar-refractivity contribution < 1.29 is 4.79 Å². The number of anilines is 1. The number of fused-ring (bicyclic) bond motifs is 1. The molecular formula is C11H9N5O2. The predicted molar refractivity (Wildman–Crippen MR) is 65.1 cm³/mol. The van der Waals surface area contributed by atoms with E-state index in [-0.39, 0.29) is 11.2 Å². The average Bonchev–Trinajstić information content (AvgIpc) is 2.80. The molecule has 0 atom stereocenters. The minimum absolute atomic E-state index is 0.174. The Morgan fingerprint density at radius 1 is 1.33 bits per heavy atom. The Balaban J connectivity index is 2.17. The maximum Gasteiger partial charge on any atom is 0.330 e. The van der Waals surface area contributed by atoms with Gasteiger partial charge < -0.3 is 10.3 Å². The number of urea groups is 1. The highest BCUT2D eigenvalue weighted by molar-refractivity contribution is 5.96. The maximum atomic E-state index is 12.1. The summed E-state index contributed by atoms with van der Waals surface area (Å²) in [5, 5.41) is 2.52. The van der Waals surface area contributed by atoms with Gasteiger partial charge in [0.15, 0.2) is 0 Å². The number of H-pyrrole nitrogens is 1. The van der Waals surface area contributed by atoms with E-state index in [2.05, 4.69) is 21.9 Å². The SMILES string of the molecule is C=C1C=CN(c2cnc3[nH]ccn3c2=O)C(=O)N1. The zero-order valence-electron chi connectivity index (χ0n) is 9.25. The second-order valence-electron chi connectivity index (χ2n) is 3.74. The van der Waals surface area contributed by atoms with Crippen molar-refractivity contribution in [1.29, 1.82) is 0 Å². The first-order valence-electron chi connectivity index (χ1n) is 5.19. The summed E-state index contributed by atoms with van der Waals surface area (Å²) in [6.45, 7) is 3.61. The van der Waals surface area contributed by atoms with Gasteiger partial charge in [-0.3, -0.25) is 14.1 Å². The number of amides is 2. The first-order valence-corrected chi connectivity index (χ1v) is 5.19. The number of rotatable bonds is 1. The summed E-state index contributed by atoms with van der Waals surface area (Å²) in [4.78, 5) is 32.0. The summed E-state index contributed by atoms with van der Waals surface area (Å²) in [6.07, 6.45) is 7.59. The van der Waals surface area contributed by atoms with Crippen molar-refractivity contribution in [2.45, 2.75) is 0 Å². The average molecular weight is 243 g/mol. The van der Waals surface area contributed by atoms with Crippen LogP contribution >= 0.6 is 0 Å². The first-order chi connectivity index (χ1) is 8.66. The highest BCUT2D eigenvalue weighted by Crippen LogP contribution is 2.12. The molecule has 0 unspecified atom stereocenters. The Bertz CT molecular complexity index is 739. The molecule has 0 bridgehead atoms. The minimum Gasteiger partial charge on any atom is -0.330 e. The lowest BCUT2D eigenvalue weighted by Gasteiger charge is -2.22. The summed E-state index contributed by atoms with van der Waals surface area (Å²) >= 11 is 0. The van der Waals surface area contributed by atoms with E-state index in [4.69, 9.17) is 0 Å². The second kappa shape index (κ2) is 3.59. The summed E-state index contributed by atoms with van der Waals surface area (Å²) in [5.74, 6) is 0.426. The van der Waals surface area contributed by atoms with E-state index in [0.717, 1.165) is 0 Å². The molecule has 1 aliphatic heterocycles. The molecule has 0 aromatic carbocycles. The third-order valence-corrected chi connectivity index (χ3v) is 2.58. The largest absolute Gasteiger partial charge is 0.330 e. The van der Waals surface area contributed by atoms with Crippen molar-refractivity contribution in [1.82, 2.24) is 19.7 Å². The third-order valence-electron chi connectivity index (χ3n) is 2.58. The zero-order valence-corrected chi connectivity index (χ0v) is 9.25. The van der Waals surface area contributed by atoms with Crippen molar-refractivity contribution in [2.75, 3.05) is 4.90 Å². The fraction of sp³-hybridized carbons (Fsp3) is 0. The first kappa shape index (κ1) is 10.3. The molecule has 0 aliphatic carbocycles. The van der Waals surface area contributed by atoms with Gasteiger partial charge in [0.2, 0.25) is 5.78 Å². The number of imidazole rings is 1. The number of aromatic amines is 1. The number of carbonyl (C=O) groups is 1. The number of allylic oxidation sites excluding steroid dienone is 1. The van der Waals surface area contributed by atoms with Crippen LogP contribution in [-0.4, -0.2) is 20.4 Å². The normalized spacial score (nSPS) is 15.2. The van der Waals surface area contributed by atoms with E-state index < -0.39 is 6.03 Å². The Kier molecular flexibility index (Phi) is 2.06. The number of hydrogen-bond donors (Lipinski definition) is 2. The van der Waals surface area contributed by atoms with E-state index in [1.165, 1.54) is 21.7 Å². The van der Waals surface area contributed by atoms with Crippen LogP contribution in [-0.2, 0) is 0 Å². The van der Waals surface area contributed by atoms with Gasteiger partial charge >= 0.3 is 6.03 Å². The summed E-state index contributed by atoms with van der Waals surface area (Å²) < 4.78 is 1.33. The molecule has 3 heterocycles. The fourth-order valence-corrected chi connectivity index (χ4v) is 1.72. The van der Waals surface area contributed by atoms with Gasteiger partial charge in [-0.05, 0) is 6.08 Å². The fourth-order valence-electron chi connectivity index (χ4n) is 1.72. The number of hydrogen-bond acceptors (Lipinski definition) is 3. The van der Waals surface area contributed by atoms with Crippen LogP contribution in [0.5, 0.6) is 0 Å². The molecule has 0 saturated carbocycles. The van der Waals surface area contributed by atoms with Crippen LogP contribution in [0.4, 0.5) is 10.5 Å². The van der Waals surface area contributed by atoms with Gasteiger partial charge in [-0.25, -0.2) is 9.78 Å². The second-order valence-corrected chi connectivity index (χ2v) is 3.74. The smallest absolute Gasteiger partial charge is 0.330 e. The number of nitrogens with zero attached hydrogens (tertiary/aromatic N) is 3. The van der Waals surface area contributed by atoms with Crippen molar-refractivity contribution in [3.05, 3.63) is 53.5 Å². The summed E-state index contributed by atoms with van der Waals surface area (Å²) in [6, 6.07) is -0.433. The van der Waals surface area contributed by atoms with Gasteiger partial charge in [-0.2, -0.15) is 0 Å². The Hall–Kier alpha value is -2.83. The van der Waals surface area contributed by atoms with Crippen LogP contribution in [0.15, 0.2) is 47.9 Å². The molecule has 18 heavy (non-hydrogen) atoms. The highest BCUT2D eigenvalue weighted by atomic mass is 16.2. The summed E-state index contributed by atoms with van der Waals surface area (Å²) in [5.41, 5.74) is 0.328. The van der Waals surface area contributed by atoms with Gasteiger partial charge in [0.1, 0.15) is 5.69 Å². The molecule has 90 valence electrons. The number of carbonyl (C=O) groups excluding carboxylic acids is 1. The number of aromatic nitrogens is 3. The highest BCUT2D eigenvalue weighted by Gasteiger charge is 2.21. The topological polar surface area (TPSA) is 82.5 Å². The molecule has 0 spiro atoms. The monoisotopic (exact) mass is 243 g/mol. The standard InChI is InChI=1S/C11H9N5O2/c1-7-2-4-15(11(18)14-7)8-6-13-10-12-3-5-16(10)9(8)17/h2-6H,1H2,(H,12,13)(H,14,18). The molecule has 0 saturated heterocycles. The zero-order chi connectivity index (χ0) is 12.7.